The normalized spacial score (nSPS) is 14.5. The van der Waals surface area contributed by atoms with Gasteiger partial charge in [-0.25, -0.2) is 10.5 Å². The molecule has 1 aliphatic heterocycles. The van der Waals surface area contributed by atoms with E-state index >= 15 is 0 Å². The van der Waals surface area contributed by atoms with Gasteiger partial charge in [0.05, 0.1) is 18.8 Å². The van der Waals surface area contributed by atoms with Crippen LogP contribution >= 0.6 is 0 Å². The number of aromatic amines is 1. The molecule has 0 saturated carbocycles. The van der Waals surface area contributed by atoms with Gasteiger partial charge in [-0.1, -0.05) is 0 Å². The van der Waals surface area contributed by atoms with E-state index in [0.717, 1.165) is 5.39 Å². The van der Waals surface area contributed by atoms with E-state index in [4.69, 9.17) is 10.3 Å². The summed E-state index contributed by atoms with van der Waals surface area (Å²) >= 11 is 0. The number of hydrogen-bond acceptors (Lipinski definition) is 7. The van der Waals surface area contributed by atoms with Gasteiger partial charge in [-0.3, -0.25) is 9.59 Å². The Kier molecular flexibility index (Phi) is 5.62. The van der Waals surface area contributed by atoms with E-state index in [9.17, 15) is 9.59 Å². The molecule has 0 aliphatic carbocycles. The Labute approximate surface area is 171 Å². The second kappa shape index (κ2) is 8.66. The molecule has 1 aliphatic rings. The summed E-state index contributed by atoms with van der Waals surface area (Å²) in [7, 11) is 0. The van der Waals surface area contributed by atoms with Crippen molar-refractivity contribution in [3.8, 4) is 0 Å². The fourth-order valence-corrected chi connectivity index (χ4v) is 3.20. The minimum atomic E-state index is -0.378. The number of hydrogen-bond donors (Lipinski definition) is 3. The van der Waals surface area contributed by atoms with E-state index in [0.29, 0.717) is 43.2 Å². The number of benzene rings is 1. The van der Waals surface area contributed by atoms with Crippen molar-refractivity contribution in [3.63, 3.8) is 0 Å². The van der Waals surface area contributed by atoms with Crippen molar-refractivity contribution < 1.29 is 9.53 Å². The predicted molar refractivity (Wildman–Crippen MR) is 112 cm³/mol. The van der Waals surface area contributed by atoms with Gasteiger partial charge in [0.2, 0.25) is 0 Å². The van der Waals surface area contributed by atoms with Gasteiger partial charge in [-0.05, 0) is 42.5 Å². The highest BCUT2D eigenvalue weighted by Gasteiger charge is 2.18. The molecule has 1 aromatic carbocycles. The van der Waals surface area contributed by atoms with Crippen LogP contribution in [-0.2, 0) is 4.74 Å². The molecule has 0 unspecified atom stereocenters. The van der Waals surface area contributed by atoms with Crippen LogP contribution in [-0.4, -0.2) is 47.1 Å². The number of carbonyl (C=O) groups is 1. The van der Waals surface area contributed by atoms with Crippen molar-refractivity contribution in [2.45, 2.75) is 0 Å². The first-order valence-corrected chi connectivity index (χ1v) is 9.45. The molecular formula is C21H20N6O3. The number of nitrogens with zero attached hydrogens (tertiary/aromatic N) is 3. The topological polar surface area (TPSA) is 124 Å². The lowest BCUT2D eigenvalue weighted by Crippen LogP contribution is -2.40. The highest BCUT2D eigenvalue weighted by Crippen LogP contribution is 2.18. The minimum Gasteiger partial charge on any atom is -0.378 e. The zero-order chi connectivity index (χ0) is 20.9. The number of fused-ring (bicyclic) bond motifs is 1. The Hall–Kier alpha value is -3.85. The van der Waals surface area contributed by atoms with E-state index in [1.807, 2.05) is 6.07 Å². The van der Waals surface area contributed by atoms with E-state index in [1.54, 1.807) is 47.5 Å². The highest BCUT2D eigenvalue weighted by molar-refractivity contribution is 5.94. The number of aromatic nitrogens is 2. The molecule has 2 aromatic heterocycles. The molecular weight excluding hydrogens is 384 g/mol. The number of ether oxygens (including phenoxy) is 1. The average molecular weight is 404 g/mol. The third-order valence-electron chi connectivity index (χ3n) is 4.82. The molecule has 30 heavy (non-hydrogen) atoms. The second-order valence-electron chi connectivity index (χ2n) is 6.72. The number of carbonyl (C=O) groups excluding carboxylic acids is 1. The van der Waals surface area contributed by atoms with Crippen LogP contribution in [0.2, 0.25) is 0 Å². The van der Waals surface area contributed by atoms with Gasteiger partial charge in [-0.15, -0.1) is 0 Å². The van der Waals surface area contributed by atoms with Gasteiger partial charge < -0.3 is 19.9 Å². The molecule has 0 bridgehead atoms. The summed E-state index contributed by atoms with van der Waals surface area (Å²) in [6.07, 6.45) is 3.08. The SMILES string of the molecule is N=N/C(=C\Nc1ccc(C(=O)N2CCOCC2)cc1)c1cc2cccnc2[nH]c1=O. The molecule has 0 atom stereocenters. The molecule has 3 aromatic rings. The Balaban J connectivity index is 1.52. The fourth-order valence-electron chi connectivity index (χ4n) is 3.20. The third-order valence-corrected chi connectivity index (χ3v) is 4.82. The number of pyridine rings is 2. The van der Waals surface area contributed by atoms with Crippen LogP contribution in [0.4, 0.5) is 5.69 Å². The number of nitrogens with one attached hydrogen (secondary N) is 3. The van der Waals surface area contributed by atoms with Crippen LogP contribution in [0.15, 0.2) is 64.8 Å². The van der Waals surface area contributed by atoms with Gasteiger partial charge in [0.15, 0.2) is 0 Å². The number of amides is 1. The van der Waals surface area contributed by atoms with Crippen LogP contribution in [0.25, 0.3) is 16.7 Å². The Morgan fingerprint density at radius 1 is 1.23 bits per heavy atom. The Bertz CT molecular complexity index is 1160. The molecule has 0 spiro atoms. The lowest BCUT2D eigenvalue weighted by molar-refractivity contribution is 0.0303. The largest absolute Gasteiger partial charge is 0.378 e. The van der Waals surface area contributed by atoms with Crippen molar-refractivity contribution in [1.82, 2.24) is 14.9 Å². The number of rotatable bonds is 5. The summed E-state index contributed by atoms with van der Waals surface area (Å²) in [5.74, 6) is -0.0291. The maximum absolute atomic E-state index is 12.5. The van der Waals surface area contributed by atoms with Crippen LogP contribution < -0.4 is 10.9 Å². The summed E-state index contributed by atoms with van der Waals surface area (Å²) in [6, 6.07) is 12.2. The summed E-state index contributed by atoms with van der Waals surface area (Å²) in [4.78, 5) is 33.4. The van der Waals surface area contributed by atoms with Gasteiger partial charge in [-0.2, -0.15) is 5.11 Å². The zero-order valence-electron chi connectivity index (χ0n) is 16.1. The van der Waals surface area contributed by atoms with Gasteiger partial charge >= 0.3 is 0 Å². The Morgan fingerprint density at radius 2 is 2.00 bits per heavy atom. The number of H-pyrrole nitrogens is 1. The standard InChI is InChI=1S/C21H20N6O3/c22-26-18(17-12-15-2-1-7-23-19(15)25-20(17)28)13-24-16-5-3-14(4-6-16)21(29)27-8-10-30-11-9-27/h1-7,12-13,22,24H,8-11H2,(H,23,25,28)/b18-13-,26-22?. The van der Waals surface area contributed by atoms with Crippen LogP contribution in [0.3, 0.4) is 0 Å². The van der Waals surface area contributed by atoms with Crippen molar-refractivity contribution in [2.24, 2.45) is 5.11 Å². The first-order chi connectivity index (χ1) is 14.7. The summed E-state index contributed by atoms with van der Waals surface area (Å²) in [5.41, 5.74) is 9.29. The summed E-state index contributed by atoms with van der Waals surface area (Å²) in [5, 5.41) is 7.25. The average Bonchev–Trinajstić information content (AvgIpc) is 2.80. The second-order valence-corrected chi connectivity index (χ2v) is 6.72. The molecule has 9 heteroatoms. The van der Waals surface area contributed by atoms with Crippen molar-refractivity contribution in [1.29, 1.82) is 5.53 Å². The summed E-state index contributed by atoms with van der Waals surface area (Å²) < 4.78 is 5.28. The smallest absolute Gasteiger partial charge is 0.259 e. The molecule has 1 saturated heterocycles. The summed E-state index contributed by atoms with van der Waals surface area (Å²) in [6.45, 7) is 2.29. The monoisotopic (exact) mass is 404 g/mol. The first-order valence-electron chi connectivity index (χ1n) is 9.45. The van der Waals surface area contributed by atoms with E-state index in [2.05, 4.69) is 20.4 Å². The fraction of sp³-hybridized carbons (Fsp3) is 0.190. The Morgan fingerprint density at radius 3 is 2.73 bits per heavy atom. The highest BCUT2D eigenvalue weighted by atomic mass is 16.5. The number of morpholine rings is 1. The van der Waals surface area contributed by atoms with E-state index in [1.165, 1.54) is 6.20 Å². The van der Waals surface area contributed by atoms with Crippen LogP contribution in [0, 0.1) is 5.53 Å². The maximum atomic E-state index is 12.5. The molecule has 1 amide bonds. The van der Waals surface area contributed by atoms with E-state index < -0.39 is 0 Å². The first kappa shape index (κ1) is 19.5. The predicted octanol–water partition coefficient (Wildman–Crippen LogP) is 2.84. The van der Waals surface area contributed by atoms with Crippen molar-refractivity contribution >= 4 is 28.3 Å². The quantitative estimate of drug-likeness (QED) is 0.564. The number of anilines is 1. The molecule has 9 nitrogen and oxygen atoms in total. The van der Waals surface area contributed by atoms with Gasteiger partial charge in [0, 0.05) is 42.1 Å². The van der Waals surface area contributed by atoms with Gasteiger partial charge in [0.25, 0.3) is 11.5 Å². The molecule has 152 valence electrons. The molecule has 1 fully saturated rings. The molecule has 4 rings (SSSR count). The van der Waals surface area contributed by atoms with Crippen LogP contribution in [0.1, 0.15) is 15.9 Å². The molecule has 3 heterocycles. The van der Waals surface area contributed by atoms with Gasteiger partial charge in [0.1, 0.15) is 11.3 Å². The van der Waals surface area contributed by atoms with Crippen molar-refractivity contribution in [2.75, 3.05) is 31.6 Å². The molecule has 0 radical (unpaired) electrons. The van der Waals surface area contributed by atoms with Crippen molar-refractivity contribution in [3.05, 3.63) is 76.3 Å². The maximum Gasteiger partial charge on any atom is 0.259 e. The lowest BCUT2D eigenvalue weighted by Gasteiger charge is -2.26. The molecule has 3 N–H and O–H groups in total. The minimum absolute atomic E-state index is 0.0291. The zero-order valence-corrected chi connectivity index (χ0v) is 16.1. The van der Waals surface area contributed by atoms with Crippen LogP contribution in [0.5, 0.6) is 0 Å². The van der Waals surface area contributed by atoms with E-state index in [-0.39, 0.29) is 22.7 Å². The lowest BCUT2D eigenvalue weighted by atomic mass is 10.1. The third kappa shape index (κ3) is 4.11.